The number of carboxylic acid groups (broad SMARTS) is 1. The molecule has 1 N–H and O–H groups in total. The number of aryl methyl sites for hydroxylation is 1. The Morgan fingerprint density at radius 2 is 1.84 bits per heavy atom. The molecular weight excluding hydrogens is 426 g/mol. The Hall–Kier alpha value is -3.50. The molecule has 1 heterocycles. The first-order chi connectivity index (χ1) is 15.4. The molecule has 0 aliphatic rings. The fraction of sp³-hybridized carbons (Fsp3) is 0.280. The lowest BCUT2D eigenvalue weighted by Gasteiger charge is -2.10. The minimum atomic E-state index is -0.871. The van der Waals surface area contributed by atoms with Gasteiger partial charge >= 0.3 is 5.97 Å². The van der Waals surface area contributed by atoms with Crippen molar-refractivity contribution in [1.82, 2.24) is 4.98 Å². The van der Waals surface area contributed by atoms with Crippen LogP contribution < -0.4 is 14.2 Å². The molecule has 0 aliphatic heterocycles. The number of hydrogen-bond donors (Lipinski definition) is 1. The van der Waals surface area contributed by atoms with Crippen LogP contribution >= 0.6 is 11.3 Å². The summed E-state index contributed by atoms with van der Waals surface area (Å²) >= 11 is 1.57. The number of methoxy groups -OCH3 is 2. The Kier molecular flexibility index (Phi) is 7.74. The number of carbonyl (C=O) groups is 1. The SMILES string of the molecule is CC#CC(CC(=O)O)c1ccc(OCc2sc(-c3ccc(OC)c(OC)c3)nc2C)cc1. The number of aliphatic carboxylic acids is 1. The quantitative estimate of drug-likeness (QED) is 0.445. The smallest absolute Gasteiger partial charge is 0.304 e. The fourth-order valence-electron chi connectivity index (χ4n) is 3.20. The average molecular weight is 452 g/mol. The highest BCUT2D eigenvalue weighted by Gasteiger charge is 2.15. The Morgan fingerprint density at radius 1 is 1.12 bits per heavy atom. The molecule has 1 atom stereocenters. The number of thiazole rings is 1. The summed E-state index contributed by atoms with van der Waals surface area (Å²) in [6.07, 6.45) is -0.0278. The topological polar surface area (TPSA) is 77.9 Å². The number of hydrogen-bond acceptors (Lipinski definition) is 6. The third kappa shape index (κ3) is 5.59. The maximum atomic E-state index is 11.1. The van der Waals surface area contributed by atoms with Crippen LogP contribution in [0.15, 0.2) is 42.5 Å². The highest BCUT2D eigenvalue weighted by atomic mass is 32.1. The second-order valence-electron chi connectivity index (χ2n) is 7.00. The van der Waals surface area contributed by atoms with E-state index in [0.29, 0.717) is 23.9 Å². The van der Waals surface area contributed by atoms with E-state index in [2.05, 4.69) is 16.8 Å². The molecule has 3 aromatic rings. The second-order valence-corrected chi connectivity index (χ2v) is 8.08. The number of ether oxygens (including phenoxy) is 3. The second kappa shape index (κ2) is 10.7. The first-order valence-corrected chi connectivity index (χ1v) is 10.8. The molecule has 3 rings (SSSR count). The molecule has 1 aromatic heterocycles. The average Bonchev–Trinajstić information content (AvgIpc) is 3.17. The summed E-state index contributed by atoms with van der Waals surface area (Å²) in [5.41, 5.74) is 2.72. The van der Waals surface area contributed by atoms with Crippen molar-refractivity contribution in [2.75, 3.05) is 14.2 Å². The van der Waals surface area contributed by atoms with E-state index in [9.17, 15) is 4.79 Å². The summed E-state index contributed by atoms with van der Waals surface area (Å²) < 4.78 is 16.6. The van der Waals surface area contributed by atoms with Crippen LogP contribution in [-0.4, -0.2) is 30.3 Å². The highest BCUT2D eigenvalue weighted by Crippen LogP contribution is 2.35. The minimum absolute atomic E-state index is 0.0278. The van der Waals surface area contributed by atoms with Gasteiger partial charge in [0.05, 0.1) is 37.1 Å². The van der Waals surface area contributed by atoms with Crippen LogP contribution in [0.2, 0.25) is 0 Å². The first-order valence-electron chi connectivity index (χ1n) is 10.0. The Bertz CT molecular complexity index is 1140. The van der Waals surface area contributed by atoms with Gasteiger partial charge in [-0.3, -0.25) is 4.79 Å². The maximum Gasteiger partial charge on any atom is 0.304 e. The lowest BCUT2D eigenvalue weighted by Crippen LogP contribution is -2.04. The van der Waals surface area contributed by atoms with Crippen molar-refractivity contribution >= 4 is 17.3 Å². The number of carboxylic acids is 1. The summed E-state index contributed by atoms with van der Waals surface area (Å²) in [6.45, 7) is 4.06. The number of nitrogens with zero attached hydrogens (tertiary/aromatic N) is 1. The standard InChI is InChI=1S/C25H25NO5S/c1-5-6-18(14-24(27)28)17-7-10-20(11-8-17)31-15-23-16(2)26-25(32-23)19-9-12-21(29-3)22(13-19)30-4/h7-13,18H,14-15H2,1-4H3,(H,27,28). The van der Waals surface area contributed by atoms with Crippen LogP contribution in [-0.2, 0) is 11.4 Å². The molecule has 0 saturated carbocycles. The predicted molar refractivity (Wildman–Crippen MR) is 125 cm³/mol. The van der Waals surface area contributed by atoms with E-state index in [-0.39, 0.29) is 12.3 Å². The molecule has 0 aliphatic carbocycles. The van der Waals surface area contributed by atoms with Gasteiger partial charge in [-0.15, -0.1) is 17.3 Å². The highest BCUT2D eigenvalue weighted by molar-refractivity contribution is 7.15. The molecule has 2 aromatic carbocycles. The molecule has 166 valence electrons. The zero-order valence-electron chi connectivity index (χ0n) is 18.5. The van der Waals surface area contributed by atoms with Gasteiger partial charge in [0.1, 0.15) is 17.4 Å². The lowest BCUT2D eigenvalue weighted by molar-refractivity contribution is -0.137. The molecule has 0 radical (unpaired) electrons. The largest absolute Gasteiger partial charge is 0.493 e. The minimum Gasteiger partial charge on any atom is -0.493 e. The summed E-state index contributed by atoms with van der Waals surface area (Å²) in [4.78, 5) is 16.8. The van der Waals surface area contributed by atoms with Gasteiger partial charge in [-0.05, 0) is 49.7 Å². The fourth-order valence-corrected chi connectivity index (χ4v) is 4.17. The molecule has 1 unspecified atom stereocenters. The van der Waals surface area contributed by atoms with Crippen LogP contribution in [0.25, 0.3) is 10.6 Å². The molecule has 0 fully saturated rings. The lowest BCUT2D eigenvalue weighted by atomic mass is 9.96. The monoisotopic (exact) mass is 451 g/mol. The van der Waals surface area contributed by atoms with E-state index >= 15 is 0 Å². The van der Waals surface area contributed by atoms with E-state index in [1.54, 1.807) is 32.5 Å². The molecule has 0 amide bonds. The van der Waals surface area contributed by atoms with Crippen LogP contribution in [0.3, 0.4) is 0 Å². The zero-order chi connectivity index (χ0) is 23.1. The van der Waals surface area contributed by atoms with Crippen LogP contribution in [0, 0.1) is 18.8 Å². The van der Waals surface area contributed by atoms with E-state index in [1.165, 1.54) is 0 Å². The van der Waals surface area contributed by atoms with Crippen LogP contribution in [0.1, 0.15) is 35.4 Å². The number of rotatable bonds is 9. The van der Waals surface area contributed by atoms with E-state index in [0.717, 1.165) is 26.7 Å². The van der Waals surface area contributed by atoms with E-state index < -0.39 is 5.97 Å². The molecule has 0 saturated heterocycles. The maximum absolute atomic E-state index is 11.1. The van der Waals surface area contributed by atoms with Crippen LogP contribution in [0.4, 0.5) is 0 Å². The Morgan fingerprint density at radius 3 is 2.47 bits per heavy atom. The first kappa shape index (κ1) is 23.2. The van der Waals surface area contributed by atoms with Gasteiger partial charge in [-0.25, -0.2) is 4.98 Å². The summed E-state index contributed by atoms with van der Waals surface area (Å²) in [7, 11) is 3.22. The molecule has 0 spiro atoms. The van der Waals surface area contributed by atoms with Gasteiger partial charge in [0.15, 0.2) is 11.5 Å². The van der Waals surface area contributed by atoms with E-state index in [1.807, 2.05) is 49.4 Å². The van der Waals surface area contributed by atoms with Gasteiger partial charge in [-0.2, -0.15) is 0 Å². The van der Waals surface area contributed by atoms with Gasteiger partial charge in [-0.1, -0.05) is 18.1 Å². The Labute approximate surface area is 191 Å². The van der Waals surface area contributed by atoms with Crippen molar-refractivity contribution in [1.29, 1.82) is 0 Å². The summed E-state index contributed by atoms with van der Waals surface area (Å²) in [5.74, 6) is 6.58. The van der Waals surface area contributed by atoms with Crippen molar-refractivity contribution in [3.8, 4) is 39.7 Å². The van der Waals surface area contributed by atoms with Gasteiger partial charge in [0, 0.05) is 5.56 Å². The normalized spacial score (nSPS) is 11.2. The van der Waals surface area contributed by atoms with Crippen molar-refractivity contribution in [2.24, 2.45) is 0 Å². The predicted octanol–water partition coefficient (Wildman–Crippen LogP) is 5.30. The molecule has 32 heavy (non-hydrogen) atoms. The third-order valence-electron chi connectivity index (χ3n) is 4.87. The summed E-state index contributed by atoms with van der Waals surface area (Å²) in [5, 5.41) is 9.97. The molecule has 0 bridgehead atoms. The van der Waals surface area contributed by atoms with Crippen molar-refractivity contribution in [3.63, 3.8) is 0 Å². The zero-order valence-corrected chi connectivity index (χ0v) is 19.3. The van der Waals surface area contributed by atoms with Crippen molar-refractivity contribution in [3.05, 3.63) is 58.6 Å². The molecule has 6 nitrogen and oxygen atoms in total. The van der Waals surface area contributed by atoms with Gasteiger partial charge < -0.3 is 19.3 Å². The third-order valence-corrected chi connectivity index (χ3v) is 6.05. The Balaban J connectivity index is 1.71. The van der Waals surface area contributed by atoms with Gasteiger partial charge in [0.2, 0.25) is 0 Å². The van der Waals surface area contributed by atoms with E-state index in [4.69, 9.17) is 19.3 Å². The summed E-state index contributed by atoms with van der Waals surface area (Å²) in [6, 6.07) is 13.1. The van der Waals surface area contributed by atoms with Crippen molar-refractivity contribution < 1.29 is 24.1 Å². The number of benzene rings is 2. The van der Waals surface area contributed by atoms with Gasteiger partial charge in [0.25, 0.3) is 0 Å². The number of aromatic nitrogens is 1. The molecule has 7 heteroatoms. The van der Waals surface area contributed by atoms with Crippen molar-refractivity contribution in [2.45, 2.75) is 32.8 Å². The molecular formula is C25H25NO5S. The van der Waals surface area contributed by atoms with Crippen LogP contribution in [0.5, 0.6) is 17.2 Å².